The second-order valence-corrected chi connectivity index (χ2v) is 6.09. The number of carbonyl (C=O) groups excluding carboxylic acids is 1. The summed E-state index contributed by atoms with van der Waals surface area (Å²) in [6.07, 6.45) is 1.02. The molecule has 3 N–H and O–H groups in total. The number of likely N-dealkylation sites (N-methyl/N-ethyl adjacent to an activating group) is 1. The Labute approximate surface area is 127 Å². The van der Waals surface area contributed by atoms with Gasteiger partial charge in [0.1, 0.15) is 17.5 Å². The highest BCUT2D eigenvalue weighted by molar-refractivity contribution is 5.79. The van der Waals surface area contributed by atoms with E-state index in [2.05, 4.69) is 43.0 Å². The van der Waals surface area contributed by atoms with Gasteiger partial charge in [-0.2, -0.15) is 0 Å². The quantitative estimate of drug-likeness (QED) is 0.802. The van der Waals surface area contributed by atoms with E-state index in [9.17, 15) is 4.79 Å². The molecule has 1 rings (SSSR count). The van der Waals surface area contributed by atoms with Crippen LogP contribution in [-0.2, 0) is 10.2 Å². The highest BCUT2D eigenvalue weighted by atomic mass is 16.1. The minimum atomic E-state index is -0.365. The topological polar surface area (TPSA) is 84.1 Å². The van der Waals surface area contributed by atoms with Gasteiger partial charge < -0.3 is 16.0 Å². The van der Waals surface area contributed by atoms with Crippen molar-refractivity contribution in [2.24, 2.45) is 5.73 Å². The van der Waals surface area contributed by atoms with Crippen molar-refractivity contribution < 1.29 is 4.79 Å². The number of rotatable bonds is 7. The van der Waals surface area contributed by atoms with Crippen molar-refractivity contribution in [1.82, 2.24) is 9.97 Å². The molecule has 0 saturated carbocycles. The Hall–Kier alpha value is -1.85. The average Bonchev–Trinajstić information content (AvgIpc) is 2.41. The van der Waals surface area contributed by atoms with E-state index in [0.29, 0.717) is 6.54 Å². The molecular weight excluding hydrogens is 266 g/mol. The molecule has 6 nitrogen and oxygen atoms in total. The van der Waals surface area contributed by atoms with Crippen LogP contribution >= 0.6 is 0 Å². The standard InChI is InChI=1S/C15H27N5O/c1-6-8-17-12-9-13(20(7-2)10-11(16)21)19-14(18-12)15(3,4)5/h9H,6-8,10H2,1-5H3,(H2,16,21)(H,17,18,19). The van der Waals surface area contributed by atoms with E-state index in [4.69, 9.17) is 5.73 Å². The van der Waals surface area contributed by atoms with E-state index in [0.717, 1.165) is 30.4 Å². The first-order valence-corrected chi connectivity index (χ1v) is 7.44. The van der Waals surface area contributed by atoms with Crippen molar-refractivity contribution >= 4 is 17.5 Å². The summed E-state index contributed by atoms with van der Waals surface area (Å²) < 4.78 is 0. The Morgan fingerprint density at radius 3 is 2.48 bits per heavy atom. The predicted octanol–water partition coefficient (Wildman–Crippen LogP) is 1.91. The Morgan fingerprint density at radius 2 is 2.00 bits per heavy atom. The molecule has 6 heteroatoms. The van der Waals surface area contributed by atoms with Crippen LogP contribution in [0, 0.1) is 0 Å². The minimum absolute atomic E-state index is 0.157. The van der Waals surface area contributed by atoms with Crippen molar-refractivity contribution in [1.29, 1.82) is 0 Å². The average molecular weight is 293 g/mol. The molecule has 0 unspecified atom stereocenters. The van der Waals surface area contributed by atoms with Gasteiger partial charge in [-0.15, -0.1) is 0 Å². The molecule has 0 aliphatic heterocycles. The normalized spacial score (nSPS) is 11.3. The number of carbonyl (C=O) groups is 1. The summed E-state index contributed by atoms with van der Waals surface area (Å²) in [5, 5.41) is 3.29. The monoisotopic (exact) mass is 293 g/mol. The molecule has 0 radical (unpaired) electrons. The molecule has 21 heavy (non-hydrogen) atoms. The highest BCUT2D eigenvalue weighted by Gasteiger charge is 2.21. The first-order valence-electron chi connectivity index (χ1n) is 7.44. The van der Waals surface area contributed by atoms with Gasteiger partial charge >= 0.3 is 0 Å². The third kappa shape index (κ3) is 5.21. The van der Waals surface area contributed by atoms with Crippen LogP contribution in [0.1, 0.15) is 46.9 Å². The fourth-order valence-electron chi connectivity index (χ4n) is 1.82. The van der Waals surface area contributed by atoms with Gasteiger partial charge in [-0.05, 0) is 13.3 Å². The van der Waals surface area contributed by atoms with Crippen molar-refractivity contribution in [2.45, 2.75) is 46.5 Å². The number of anilines is 2. The van der Waals surface area contributed by atoms with E-state index < -0.39 is 0 Å². The van der Waals surface area contributed by atoms with Crippen LogP contribution in [-0.4, -0.2) is 35.5 Å². The molecule has 0 aromatic carbocycles. The van der Waals surface area contributed by atoms with Gasteiger partial charge in [0.15, 0.2) is 0 Å². The zero-order valence-corrected chi connectivity index (χ0v) is 13.7. The third-order valence-corrected chi connectivity index (χ3v) is 2.99. The van der Waals surface area contributed by atoms with E-state index in [1.165, 1.54) is 0 Å². The zero-order chi connectivity index (χ0) is 16.0. The first-order chi connectivity index (χ1) is 9.77. The molecule has 0 bridgehead atoms. The number of primary amides is 1. The molecule has 118 valence electrons. The summed E-state index contributed by atoms with van der Waals surface area (Å²) in [5.74, 6) is 1.90. The van der Waals surface area contributed by atoms with Gasteiger partial charge in [0.05, 0.1) is 6.54 Å². The van der Waals surface area contributed by atoms with Crippen LogP contribution in [0.25, 0.3) is 0 Å². The van der Waals surface area contributed by atoms with Crippen molar-refractivity contribution in [3.63, 3.8) is 0 Å². The molecule has 1 amide bonds. The third-order valence-electron chi connectivity index (χ3n) is 2.99. The Kier molecular flexibility index (Phi) is 5.93. The number of nitrogens with one attached hydrogen (secondary N) is 1. The van der Waals surface area contributed by atoms with Crippen molar-refractivity contribution in [2.75, 3.05) is 29.9 Å². The molecule has 0 saturated heterocycles. The number of nitrogens with two attached hydrogens (primary N) is 1. The van der Waals surface area contributed by atoms with Gasteiger partial charge in [-0.3, -0.25) is 4.79 Å². The first kappa shape index (κ1) is 17.2. The summed E-state index contributed by atoms with van der Waals surface area (Å²) >= 11 is 0. The van der Waals surface area contributed by atoms with Gasteiger partial charge in [0, 0.05) is 24.6 Å². The summed E-state index contributed by atoms with van der Waals surface area (Å²) in [7, 11) is 0. The zero-order valence-electron chi connectivity index (χ0n) is 13.7. The maximum atomic E-state index is 11.2. The second kappa shape index (κ2) is 7.24. The molecule has 0 spiro atoms. The van der Waals surface area contributed by atoms with Gasteiger partial charge in [0.25, 0.3) is 0 Å². The van der Waals surface area contributed by atoms with Crippen LogP contribution in [0.5, 0.6) is 0 Å². The Balaban J connectivity index is 3.19. The molecule has 1 aromatic rings. The number of amides is 1. The van der Waals surface area contributed by atoms with Crippen LogP contribution in [0.15, 0.2) is 6.07 Å². The van der Waals surface area contributed by atoms with Crippen molar-refractivity contribution in [3.8, 4) is 0 Å². The van der Waals surface area contributed by atoms with Crippen LogP contribution < -0.4 is 16.0 Å². The van der Waals surface area contributed by atoms with E-state index >= 15 is 0 Å². The predicted molar refractivity (Wildman–Crippen MR) is 86.6 cm³/mol. The van der Waals surface area contributed by atoms with Gasteiger partial charge in [-0.25, -0.2) is 9.97 Å². The van der Waals surface area contributed by atoms with E-state index in [1.54, 1.807) is 0 Å². The summed E-state index contributed by atoms with van der Waals surface area (Å²) in [5.41, 5.74) is 5.15. The van der Waals surface area contributed by atoms with Crippen LogP contribution in [0.3, 0.4) is 0 Å². The number of hydrogen-bond acceptors (Lipinski definition) is 5. The lowest BCUT2D eigenvalue weighted by Gasteiger charge is -2.24. The molecule has 1 heterocycles. The smallest absolute Gasteiger partial charge is 0.236 e. The van der Waals surface area contributed by atoms with Gasteiger partial charge in [0.2, 0.25) is 5.91 Å². The van der Waals surface area contributed by atoms with E-state index in [-0.39, 0.29) is 17.9 Å². The fraction of sp³-hybridized carbons (Fsp3) is 0.667. The summed E-state index contributed by atoms with van der Waals surface area (Å²) in [4.78, 5) is 22.2. The fourth-order valence-corrected chi connectivity index (χ4v) is 1.82. The number of aromatic nitrogens is 2. The lowest BCUT2D eigenvalue weighted by molar-refractivity contribution is -0.116. The lowest BCUT2D eigenvalue weighted by atomic mass is 9.96. The summed E-state index contributed by atoms with van der Waals surface area (Å²) in [6, 6.07) is 1.87. The maximum Gasteiger partial charge on any atom is 0.236 e. The molecule has 0 atom stereocenters. The Morgan fingerprint density at radius 1 is 1.33 bits per heavy atom. The highest BCUT2D eigenvalue weighted by Crippen LogP contribution is 2.24. The second-order valence-electron chi connectivity index (χ2n) is 6.09. The molecule has 1 aromatic heterocycles. The SMILES string of the molecule is CCCNc1cc(N(CC)CC(N)=O)nc(C(C)(C)C)n1. The summed E-state index contributed by atoms with van der Waals surface area (Å²) in [6.45, 7) is 12.0. The maximum absolute atomic E-state index is 11.2. The van der Waals surface area contributed by atoms with E-state index in [1.807, 2.05) is 17.9 Å². The molecule has 0 aliphatic rings. The number of hydrogen-bond donors (Lipinski definition) is 2. The lowest BCUT2D eigenvalue weighted by Crippen LogP contribution is -2.35. The molecule has 0 fully saturated rings. The van der Waals surface area contributed by atoms with Crippen molar-refractivity contribution in [3.05, 3.63) is 11.9 Å². The largest absolute Gasteiger partial charge is 0.370 e. The molecule has 0 aliphatic carbocycles. The molecular formula is C15H27N5O. The van der Waals surface area contributed by atoms with Crippen LogP contribution in [0.2, 0.25) is 0 Å². The number of nitrogens with zero attached hydrogens (tertiary/aromatic N) is 3. The Bertz CT molecular complexity index is 481. The minimum Gasteiger partial charge on any atom is -0.370 e. The van der Waals surface area contributed by atoms with Gasteiger partial charge in [-0.1, -0.05) is 27.7 Å². The van der Waals surface area contributed by atoms with Crippen LogP contribution in [0.4, 0.5) is 11.6 Å².